The number of furan rings is 2. The number of halogens is 2. The van der Waals surface area contributed by atoms with E-state index in [1.54, 1.807) is 0 Å². The molecular weight excluding hydrogens is 843 g/mol. The van der Waals surface area contributed by atoms with E-state index in [2.05, 4.69) is 159 Å². The van der Waals surface area contributed by atoms with Gasteiger partial charge in [0.2, 0.25) is 0 Å². The van der Waals surface area contributed by atoms with Gasteiger partial charge in [0.25, 0.3) is 0 Å². The van der Waals surface area contributed by atoms with Crippen molar-refractivity contribution >= 4 is 21.5 Å². The fourth-order valence-electron chi connectivity index (χ4n) is 7.49. The Labute approximate surface area is 384 Å². The number of benzene rings is 4. The monoisotopic (exact) mass is 897 g/mol. The van der Waals surface area contributed by atoms with Gasteiger partial charge in [-0.15, -0.1) is 64.4 Å². The van der Waals surface area contributed by atoms with Crippen molar-refractivity contribution in [2.75, 3.05) is 0 Å². The van der Waals surface area contributed by atoms with Crippen molar-refractivity contribution in [3.05, 3.63) is 162 Å². The molecule has 1 aliphatic carbocycles. The van der Waals surface area contributed by atoms with E-state index in [-0.39, 0.29) is 61.8 Å². The summed E-state index contributed by atoms with van der Waals surface area (Å²) in [7, 11) is 0. The van der Waals surface area contributed by atoms with Gasteiger partial charge in [0.1, 0.15) is 0 Å². The third-order valence-corrected chi connectivity index (χ3v) is 11.1. The fraction of sp³-hybridized carbons (Fsp3) is 0.278. The molecule has 9 rings (SSSR count). The Morgan fingerprint density at radius 1 is 0.475 bits per heavy atom. The normalized spacial score (nSPS) is 12.2. The second-order valence-corrected chi connectivity index (χ2v) is 17.7. The zero-order chi connectivity index (χ0) is 39.8. The van der Waals surface area contributed by atoms with Crippen molar-refractivity contribution in [1.82, 2.24) is 0 Å². The van der Waals surface area contributed by atoms with Crippen LogP contribution in [0.5, 0.6) is 0 Å². The zero-order valence-electron chi connectivity index (χ0n) is 36.3. The van der Waals surface area contributed by atoms with E-state index in [1.165, 1.54) is 85.3 Å². The van der Waals surface area contributed by atoms with E-state index in [1.807, 2.05) is 38.1 Å². The Morgan fingerprint density at radius 3 is 1.08 bits per heavy atom. The van der Waals surface area contributed by atoms with Gasteiger partial charge in [-0.3, -0.25) is 0 Å². The minimum Gasteiger partial charge on any atom is -1.00 e. The molecule has 0 bridgehead atoms. The van der Waals surface area contributed by atoms with Gasteiger partial charge < -0.3 is 40.1 Å². The van der Waals surface area contributed by atoms with Gasteiger partial charge in [0.05, 0.1) is 23.0 Å². The first kappa shape index (κ1) is 47.8. The number of hydrogen-bond donors (Lipinski definition) is 0. The van der Waals surface area contributed by atoms with Gasteiger partial charge in [-0.2, -0.15) is 12.8 Å². The first-order valence-corrected chi connectivity index (χ1v) is 20.2. The van der Waals surface area contributed by atoms with Crippen molar-refractivity contribution < 1.29 is 59.9 Å². The van der Waals surface area contributed by atoms with E-state index in [0.717, 1.165) is 34.2 Å². The Kier molecular flexibility index (Phi) is 15.9. The Hall–Kier alpha value is -3.88. The van der Waals surface area contributed by atoms with Crippen LogP contribution in [0.3, 0.4) is 0 Å². The molecule has 0 radical (unpaired) electrons. The summed E-state index contributed by atoms with van der Waals surface area (Å²) < 4.78 is 11.7. The molecule has 2 aromatic heterocycles. The Balaban J connectivity index is 0.000000227. The summed E-state index contributed by atoms with van der Waals surface area (Å²) in [6.07, 6.45) is 6.50. The molecule has 0 spiro atoms. The van der Waals surface area contributed by atoms with Crippen LogP contribution in [0, 0.1) is 34.1 Å². The Morgan fingerprint density at radius 2 is 0.814 bits per heavy atom. The van der Waals surface area contributed by atoms with Crippen LogP contribution in [0.1, 0.15) is 94.6 Å². The second kappa shape index (κ2) is 19.7. The van der Waals surface area contributed by atoms with Crippen molar-refractivity contribution in [2.24, 2.45) is 0 Å². The molecule has 59 heavy (non-hydrogen) atoms. The molecule has 0 unspecified atom stereocenters. The van der Waals surface area contributed by atoms with Gasteiger partial charge in [-0.05, 0) is 96.2 Å². The molecule has 8 aromatic rings. The molecule has 0 N–H and O–H groups in total. The predicted octanol–water partition coefficient (Wildman–Crippen LogP) is 10.2. The topological polar surface area (TPSA) is 26.3 Å². The minimum absolute atomic E-state index is 0. The van der Waals surface area contributed by atoms with Crippen LogP contribution >= 0.6 is 0 Å². The van der Waals surface area contributed by atoms with E-state index in [0.29, 0.717) is 0 Å². The maximum absolute atomic E-state index is 5.83. The van der Waals surface area contributed by atoms with E-state index < -0.39 is 0 Å². The van der Waals surface area contributed by atoms with Crippen molar-refractivity contribution in [2.45, 2.75) is 99.3 Å². The van der Waals surface area contributed by atoms with Gasteiger partial charge in [0.15, 0.2) is 0 Å². The van der Waals surface area contributed by atoms with Crippen LogP contribution in [0.25, 0.3) is 66.4 Å². The molecule has 1 aliphatic rings. The number of fused-ring (bicyclic) bond motifs is 2. The van der Waals surface area contributed by atoms with Gasteiger partial charge in [0, 0.05) is 0 Å². The summed E-state index contributed by atoms with van der Waals surface area (Å²) in [6, 6.07) is 44.0. The van der Waals surface area contributed by atoms with Crippen LogP contribution in [-0.4, -0.2) is 0 Å². The van der Waals surface area contributed by atoms with Crippen molar-refractivity contribution in [3.8, 4) is 44.9 Å². The Bertz CT molecular complexity index is 2390. The molecular formula is C54H57Cl2O2Zr-3. The maximum Gasteiger partial charge on any atom is 2.00 e. The smallest absolute Gasteiger partial charge is 1.00 e. The summed E-state index contributed by atoms with van der Waals surface area (Å²) in [6.45, 7) is 21.9. The average molecular weight is 900 g/mol. The zero-order valence-corrected chi connectivity index (χ0v) is 40.3. The molecule has 0 aliphatic heterocycles. The summed E-state index contributed by atoms with van der Waals surface area (Å²) in [5.41, 5.74) is 13.1. The summed E-state index contributed by atoms with van der Waals surface area (Å²) in [4.78, 5) is 0. The summed E-state index contributed by atoms with van der Waals surface area (Å²) >= 11 is 0. The van der Waals surface area contributed by atoms with Crippen molar-refractivity contribution in [1.29, 1.82) is 0 Å². The van der Waals surface area contributed by atoms with Crippen LogP contribution in [0.4, 0.5) is 0 Å². The van der Waals surface area contributed by atoms with Crippen LogP contribution in [0.2, 0.25) is 0 Å². The summed E-state index contributed by atoms with van der Waals surface area (Å²) in [5.74, 6) is 3.76. The molecule has 5 heteroatoms. The molecule has 0 amide bonds. The molecule has 306 valence electrons. The van der Waals surface area contributed by atoms with Crippen LogP contribution in [0.15, 0.2) is 130 Å². The number of rotatable bonds is 4. The second-order valence-electron chi connectivity index (χ2n) is 17.7. The van der Waals surface area contributed by atoms with Crippen LogP contribution in [-0.2, 0) is 37.0 Å². The molecule has 0 saturated heterocycles. The van der Waals surface area contributed by atoms with Crippen molar-refractivity contribution in [3.63, 3.8) is 0 Å². The fourth-order valence-corrected chi connectivity index (χ4v) is 7.49. The SMILES string of the molecule is Cc1ccc(-c2cc3c(-c4ccc(C(C)(C)C)cc4)c(C)ccc3[cH-]2)o1.Cc1ccc(-c2cc3c(-c4ccc(C(C)(C)C)cc4)c(C)ccc3[cH-]2)o1.[CH-]1CCC1.[Cl-].[Cl-].[Zr+2]. The van der Waals surface area contributed by atoms with Crippen LogP contribution < -0.4 is 24.8 Å². The molecule has 2 heterocycles. The largest absolute Gasteiger partial charge is 2.00 e. The number of hydrogen-bond acceptors (Lipinski definition) is 2. The molecule has 1 saturated carbocycles. The maximum atomic E-state index is 5.83. The molecule has 2 nitrogen and oxygen atoms in total. The third-order valence-electron chi connectivity index (χ3n) is 11.1. The predicted molar refractivity (Wildman–Crippen MR) is 240 cm³/mol. The molecule has 6 aromatic carbocycles. The standard InChI is InChI=1S/2C25H25O.C4H7.2ClH.Zr/c2*1-16-6-8-19-14-20(23-13-7-17(2)26-23)15-22(19)24(16)18-9-11-21(12-10-18)25(3,4)5;1-2-4-3-1;;;/h2*6-15H,1-5H3;1H,2-4H2;2*1H;/q3*-1;;;+2/p-2. The number of aryl methyl sites for hydroxylation is 4. The molecule has 0 atom stereocenters. The van der Waals surface area contributed by atoms with Gasteiger partial charge in [-0.1, -0.05) is 124 Å². The first-order chi connectivity index (χ1) is 26.7. The molecule has 1 fully saturated rings. The first-order valence-electron chi connectivity index (χ1n) is 20.2. The minimum atomic E-state index is 0. The quantitative estimate of drug-likeness (QED) is 0.165. The van der Waals surface area contributed by atoms with Gasteiger partial charge in [-0.25, -0.2) is 0 Å². The van der Waals surface area contributed by atoms with E-state index in [9.17, 15) is 0 Å². The van der Waals surface area contributed by atoms with Gasteiger partial charge >= 0.3 is 26.2 Å². The third kappa shape index (κ3) is 10.9. The average Bonchev–Trinajstić information content (AvgIpc) is 3.94. The summed E-state index contributed by atoms with van der Waals surface area (Å²) in [5, 5.41) is 5.10. The van der Waals surface area contributed by atoms with E-state index in [4.69, 9.17) is 8.83 Å². The van der Waals surface area contributed by atoms with E-state index >= 15 is 0 Å².